The number of aryl methyl sites for hydroxylation is 2. The molecule has 0 amide bonds. The van der Waals surface area contributed by atoms with Gasteiger partial charge in [-0.1, -0.05) is 37.6 Å². The number of carbonyl (C=O) groups excluding carboxylic acids is 1. The van der Waals surface area contributed by atoms with E-state index in [2.05, 4.69) is 6.07 Å². The van der Waals surface area contributed by atoms with E-state index < -0.39 is 0 Å². The van der Waals surface area contributed by atoms with Crippen LogP contribution in [0.5, 0.6) is 0 Å². The van der Waals surface area contributed by atoms with E-state index in [-0.39, 0.29) is 23.8 Å². The molecular weight excluding hydrogens is 226 g/mol. The number of ether oxygens (including phenoxy) is 1. The fourth-order valence-corrected chi connectivity index (χ4v) is 2.28. The second kappa shape index (κ2) is 6.01. The van der Waals surface area contributed by atoms with Gasteiger partial charge in [0.1, 0.15) is 0 Å². The zero-order chi connectivity index (χ0) is 13.9. The maximum absolute atomic E-state index is 11.9. The van der Waals surface area contributed by atoms with Gasteiger partial charge in [-0.25, -0.2) is 0 Å². The van der Waals surface area contributed by atoms with Crippen molar-refractivity contribution in [2.45, 2.75) is 33.7 Å². The van der Waals surface area contributed by atoms with Crippen LogP contribution in [-0.4, -0.2) is 13.1 Å². The highest BCUT2D eigenvalue weighted by Crippen LogP contribution is 2.29. The van der Waals surface area contributed by atoms with Crippen molar-refractivity contribution >= 4 is 5.97 Å². The van der Waals surface area contributed by atoms with Crippen molar-refractivity contribution in [3.63, 3.8) is 0 Å². The lowest BCUT2D eigenvalue weighted by atomic mass is 9.83. The van der Waals surface area contributed by atoms with Crippen LogP contribution < -0.4 is 5.73 Å². The van der Waals surface area contributed by atoms with Crippen molar-refractivity contribution in [3.05, 3.63) is 34.9 Å². The maximum Gasteiger partial charge on any atom is 0.310 e. The Morgan fingerprint density at radius 2 is 1.89 bits per heavy atom. The molecule has 2 atom stereocenters. The molecule has 0 saturated heterocycles. The summed E-state index contributed by atoms with van der Waals surface area (Å²) in [6.07, 6.45) is 0. The summed E-state index contributed by atoms with van der Waals surface area (Å²) in [4.78, 5) is 11.9. The van der Waals surface area contributed by atoms with Gasteiger partial charge in [0.15, 0.2) is 0 Å². The van der Waals surface area contributed by atoms with Crippen LogP contribution in [0.25, 0.3) is 0 Å². The number of hydrogen-bond donors (Lipinski definition) is 1. The highest BCUT2D eigenvalue weighted by Gasteiger charge is 2.31. The van der Waals surface area contributed by atoms with Gasteiger partial charge in [-0.15, -0.1) is 0 Å². The summed E-state index contributed by atoms with van der Waals surface area (Å²) in [6.45, 7) is 8.03. The third-order valence-corrected chi connectivity index (χ3v) is 3.37. The number of carbonyl (C=O) groups is 1. The number of methoxy groups -OCH3 is 1. The molecule has 0 radical (unpaired) electrons. The minimum absolute atomic E-state index is 0.146. The molecule has 0 aromatic heterocycles. The number of benzene rings is 1. The molecule has 1 rings (SSSR count). The maximum atomic E-state index is 11.9. The molecule has 0 fully saturated rings. The van der Waals surface area contributed by atoms with Crippen LogP contribution >= 0.6 is 0 Å². The van der Waals surface area contributed by atoms with Crippen LogP contribution in [0.3, 0.4) is 0 Å². The SMILES string of the molecule is COC(=O)C(C(C)C)C(N)c1cc(C)ccc1C. The van der Waals surface area contributed by atoms with Gasteiger partial charge in [0, 0.05) is 6.04 Å². The normalized spacial score (nSPS) is 14.4. The zero-order valence-corrected chi connectivity index (χ0v) is 11.9. The highest BCUT2D eigenvalue weighted by atomic mass is 16.5. The Balaban J connectivity index is 3.13. The second-order valence-electron chi connectivity index (χ2n) is 5.18. The minimum Gasteiger partial charge on any atom is -0.469 e. The summed E-state index contributed by atoms with van der Waals surface area (Å²) >= 11 is 0. The summed E-state index contributed by atoms with van der Waals surface area (Å²) in [7, 11) is 1.41. The number of nitrogens with two attached hydrogens (primary N) is 1. The molecule has 2 N–H and O–H groups in total. The standard InChI is InChI=1S/C15H23NO2/c1-9(2)13(15(17)18-5)14(16)12-8-10(3)6-7-11(12)4/h6-9,13-14H,16H2,1-5H3. The fraction of sp³-hybridized carbons (Fsp3) is 0.533. The summed E-state index contributed by atoms with van der Waals surface area (Å²) in [5.41, 5.74) is 9.58. The Bertz CT molecular complexity index is 427. The van der Waals surface area contributed by atoms with E-state index in [0.717, 1.165) is 16.7 Å². The van der Waals surface area contributed by atoms with Crippen molar-refractivity contribution in [1.82, 2.24) is 0 Å². The van der Waals surface area contributed by atoms with E-state index in [1.54, 1.807) is 0 Å². The minimum atomic E-state index is -0.322. The zero-order valence-electron chi connectivity index (χ0n) is 11.9. The van der Waals surface area contributed by atoms with E-state index in [1.807, 2.05) is 39.8 Å². The Kier molecular flexibility index (Phi) is 4.91. The largest absolute Gasteiger partial charge is 0.469 e. The first-order valence-corrected chi connectivity index (χ1v) is 6.29. The average Bonchev–Trinajstić information content (AvgIpc) is 2.31. The number of esters is 1. The van der Waals surface area contributed by atoms with Gasteiger partial charge < -0.3 is 10.5 Å². The van der Waals surface area contributed by atoms with Crippen molar-refractivity contribution in [2.24, 2.45) is 17.6 Å². The lowest BCUT2D eigenvalue weighted by molar-refractivity contribution is -0.147. The van der Waals surface area contributed by atoms with Gasteiger partial charge >= 0.3 is 5.97 Å². The topological polar surface area (TPSA) is 52.3 Å². The van der Waals surface area contributed by atoms with Crippen LogP contribution in [0.15, 0.2) is 18.2 Å². The molecule has 0 bridgehead atoms. The molecule has 0 heterocycles. The Morgan fingerprint density at radius 3 is 2.39 bits per heavy atom. The van der Waals surface area contributed by atoms with E-state index in [4.69, 9.17) is 10.5 Å². The molecule has 3 heteroatoms. The molecule has 0 aliphatic carbocycles. The van der Waals surface area contributed by atoms with Gasteiger partial charge in [-0.3, -0.25) is 4.79 Å². The Labute approximate surface area is 109 Å². The fourth-order valence-electron chi connectivity index (χ4n) is 2.28. The molecule has 0 aliphatic heterocycles. The Morgan fingerprint density at radius 1 is 1.28 bits per heavy atom. The predicted molar refractivity (Wildman–Crippen MR) is 73.2 cm³/mol. The predicted octanol–water partition coefficient (Wildman–Crippen LogP) is 2.75. The van der Waals surface area contributed by atoms with Crippen LogP contribution in [0.1, 0.15) is 36.6 Å². The average molecular weight is 249 g/mol. The summed E-state index contributed by atoms with van der Waals surface area (Å²) < 4.78 is 4.87. The Hall–Kier alpha value is -1.35. The van der Waals surface area contributed by atoms with E-state index in [0.29, 0.717) is 0 Å². The summed E-state index contributed by atoms with van der Waals surface area (Å²) in [5.74, 6) is -0.402. The van der Waals surface area contributed by atoms with Gasteiger partial charge in [0.2, 0.25) is 0 Å². The quantitative estimate of drug-likeness (QED) is 0.835. The molecule has 1 aromatic carbocycles. The van der Waals surface area contributed by atoms with Crippen LogP contribution in [0.2, 0.25) is 0 Å². The molecule has 2 unspecified atom stereocenters. The van der Waals surface area contributed by atoms with Crippen LogP contribution in [0, 0.1) is 25.7 Å². The molecule has 3 nitrogen and oxygen atoms in total. The van der Waals surface area contributed by atoms with Gasteiger partial charge in [0.05, 0.1) is 13.0 Å². The molecule has 1 aromatic rings. The summed E-state index contributed by atoms with van der Waals surface area (Å²) in [6, 6.07) is 5.82. The van der Waals surface area contributed by atoms with Gasteiger partial charge in [0.25, 0.3) is 0 Å². The van der Waals surface area contributed by atoms with Crippen molar-refractivity contribution in [3.8, 4) is 0 Å². The van der Waals surface area contributed by atoms with Crippen LogP contribution in [0.4, 0.5) is 0 Å². The highest BCUT2D eigenvalue weighted by molar-refractivity contribution is 5.74. The monoisotopic (exact) mass is 249 g/mol. The first-order chi connectivity index (χ1) is 8.38. The number of hydrogen-bond acceptors (Lipinski definition) is 3. The first kappa shape index (κ1) is 14.7. The first-order valence-electron chi connectivity index (χ1n) is 6.29. The molecule has 0 aliphatic rings. The smallest absolute Gasteiger partial charge is 0.310 e. The van der Waals surface area contributed by atoms with Crippen LogP contribution in [-0.2, 0) is 9.53 Å². The lowest BCUT2D eigenvalue weighted by Gasteiger charge is -2.26. The van der Waals surface area contributed by atoms with Gasteiger partial charge in [-0.2, -0.15) is 0 Å². The molecule has 0 spiro atoms. The third-order valence-electron chi connectivity index (χ3n) is 3.37. The van der Waals surface area contributed by atoms with Crippen molar-refractivity contribution in [1.29, 1.82) is 0 Å². The van der Waals surface area contributed by atoms with E-state index in [9.17, 15) is 4.79 Å². The molecule has 18 heavy (non-hydrogen) atoms. The van der Waals surface area contributed by atoms with Crippen molar-refractivity contribution in [2.75, 3.05) is 7.11 Å². The molecular formula is C15H23NO2. The molecule has 100 valence electrons. The molecule has 0 saturated carbocycles. The summed E-state index contributed by atoms with van der Waals surface area (Å²) in [5, 5.41) is 0. The number of rotatable bonds is 4. The van der Waals surface area contributed by atoms with Crippen molar-refractivity contribution < 1.29 is 9.53 Å². The second-order valence-corrected chi connectivity index (χ2v) is 5.18. The van der Waals surface area contributed by atoms with E-state index >= 15 is 0 Å². The lowest BCUT2D eigenvalue weighted by Crippen LogP contribution is -2.33. The van der Waals surface area contributed by atoms with Gasteiger partial charge in [-0.05, 0) is 30.9 Å². The third kappa shape index (κ3) is 3.10. The van der Waals surface area contributed by atoms with E-state index in [1.165, 1.54) is 7.11 Å².